The summed E-state index contributed by atoms with van der Waals surface area (Å²) in [6.45, 7) is 1.91. The van der Waals surface area contributed by atoms with Crippen molar-refractivity contribution in [3.8, 4) is 5.75 Å². The van der Waals surface area contributed by atoms with Crippen molar-refractivity contribution in [3.05, 3.63) is 52.0 Å². The zero-order chi connectivity index (χ0) is 14.8. The van der Waals surface area contributed by atoms with Gasteiger partial charge in [0.2, 0.25) is 0 Å². The molecule has 3 nitrogen and oxygen atoms in total. The summed E-state index contributed by atoms with van der Waals surface area (Å²) in [5.74, 6) is 0.860. The third-order valence-electron chi connectivity index (χ3n) is 3.92. The highest BCUT2D eigenvalue weighted by atomic mass is 79.9. The molecular formula is C17H19BrN2O. The van der Waals surface area contributed by atoms with Crippen LogP contribution >= 0.6 is 15.9 Å². The molecule has 0 aliphatic carbocycles. The van der Waals surface area contributed by atoms with Crippen LogP contribution in [0.3, 0.4) is 0 Å². The second kappa shape index (κ2) is 5.98. The molecule has 0 bridgehead atoms. The van der Waals surface area contributed by atoms with Crippen LogP contribution in [0.1, 0.15) is 11.1 Å². The maximum Gasteiger partial charge on any atom is 0.142 e. The van der Waals surface area contributed by atoms with E-state index in [2.05, 4.69) is 51.4 Å². The Morgan fingerprint density at radius 3 is 2.90 bits per heavy atom. The van der Waals surface area contributed by atoms with E-state index in [4.69, 9.17) is 4.74 Å². The fourth-order valence-corrected chi connectivity index (χ4v) is 3.11. The number of hydrogen-bond donors (Lipinski definition) is 1. The molecule has 2 aromatic carbocycles. The van der Waals surface area contributed by atoms with Crippen molar-refractivity contribution in [2.24, 2.45) is 0 Å². The number of rotatable bonds is 4. The van der Waals surface area contributed by atoms with Gasteiger partial charge < -0.3 is 15.0 Å². The Morgan fingerprint density at radius 2 is 2.10 bits per heavy atom. The van der Waals surface area contributed by atoms with Crippen molar-refractivity contribution in [2.45, 2.75) is 13.0 Å². The van der Waals surface area contributed by atoms with Crippen LogP contribution < -0.4 is 15.0 Å². The Hall–Kier alpha value is -1.68. The van der Waals surface area contributed by atoms with E-state index >= 15 is 0 Å². The number of halogens is 1. The van der Waals surface area contributed by atoms with Gasteiger partial charge in [0, 0.05) is 30.3 Å². The summed E-state index contributed by atoms with van der Waals surface area (Å²) < 4.78 is 6.43. The van der Waals surface area contributed by atoms with Gasteiger partial charge in [0.05, 0.1) is 12.8 Å². The Labute approximate surface area is 134 Å². The van der Waals surface area contributed by atoms with Gasteiger partial charge in [0.15, 0.2) is 0 Å². The van der Waals surface area contributed by atoms with Crippen LogP contribution in [0.25, 0.3) is 0 Å². The molecular weight excluding hydrogens is 328 g/mol. The molecule has 0 spiro atoms. The number of hydrogen-bond acceptors (Lipinski definition) is 3. The smallest absolute Gasteiger partial charge is 0.142 e. The number of anilines is 2. The average molecular weight is 347 g/mol. The molecule has 21 heavy (non-hydrogen) atoms. The Bertz CT molecular complexity index is 657. The van der Waals surface area contributed by atoms with Crippen LogP contribution in [0.4, 0.5) is 11.4 Å². The average Bonchev–Trinajstić information content (AvgIpc) is 2.86. The summed E-state index contributed by atoms with van der Waals surface area (Å²) in [5.41, 5.74) is 5.10. The molecule has 2 aromatic rings. The van der Waals surface area contributed by atoms with Crippen molar-refractivity contribution < 1.29 is 4.74 Å². The lowest BCUT2D eigenvalue weighted by molar-refractivity contribution is 0.416. The zero-order valence-corrected chi connectivity index (χ0v) is 13.9. The molecule has 110 valence electrons. The van der Waals surface area contributed by atoms with Crippen molar-refractivity contribution in [2.75, 3.05) is 30.9 Å². The molecule has 0 aromatic heterocycles. The van der Waals surface area contributed by atoms with Gasteiger partial charge in [0.1, 0.15) is 5.75 Å². The fraction of sp³-hybridized carbons (Fsp3) is 0.294. The third kappa shape index (κ3) is 3.00. The van der Waals surface area contributed by atoms with Crippen molar-refractivity contribution in [3.63, 3.8) is 0 Å². The summed E-state index contributed by atoms with van der Waals surface area (Å²) in [5, 5.41) is 3.46. The number of nitrogens with one attached hydrogen (secondary N) is 1. The standard InChI is InChI=1S/C17H19BrN2O/c1-20-8-7-13-9-12(3-5-16(13)20)11-19-15-10-14(18)4-6-17(15)21-2/h3-6,9-10,19H,7-8,11H2,1-2H3. The van der Waals surface area contributed by atoms with E-state index in [1.165, 1.54) is 16.8 Å². The van der Waals surface area contributed by atoms with Crippen molar-refractivity contribution in [1.82, 2.24) is 0 Å². The molecule has 1 heterocycles. The van der Waals surface area contributed by atoms with E-state index in [9.17, 15) is 0 Å². The predicted octanol–water partition coefficient (Wildman–Crippen LogP) is 4.06. The number of nitrogens with zero attached hydrogens (tertiary/aromatic N) is 1. The minimum atomic E-state index is 0.795. The monoisotopic (exact) mass is 346 g/mol. The molecule has 0 amide bonds. The van der Waals surface area contributed by atoms with Crippen LogP contribution in [-0.2, 0) is 13.0 Å². The van der Waals surface area contributed by atoms with Gasteiger partial charge in [-0.1, -0.05) is 28.1 Å². The summed E-state index contributed by atoms with van der Waals surface area (Å²) in [6.07, 6.45) is 1.14. The zero-order valence-electron chi connectivity index (χ0n) is 12.3. The first-order valence-electron chi connectivity index (χ1n) is 7.08. The SMILES string of the molecule is COc1ccc(Br)cc1NCc1ccc2c(c1)CCN2C. The number of methoxy groups -OCH3 is 1. The second-order valence-corrected chi connectivity index (χ2v) is 6.25. The molecule has 1 N–H and O–H groups in total. The van der Waals surface area contributed by atoms with E-state index in [1.807, 2.05) is 18.2 Å². The highest BCUT2D eigenvalue weighted by Crippen LogP contribution is 2.30. The number of benzene rings is 2. The molecule has 0 fully saturated rings. The minimum absolute atomic E-state index is 0.795. The molecule has 0 saturated heterocycles. The van der Waals surface area contributed by atoms with Crippen LogP contribution in [0.15, 0.2) is 40.9 Å². The van der Waals surface area contributed by atoms with E-state index in [0.717, 1.165) is 35.4 Å². The summed E-state index contributed by atoms with van der Waals surface area (Å²) in [4.78, 5) is 2.31. The van der Waals surface area contributed by atoms with E-state index in [0.29, 0.717) is 0 Å². The van der Waals surface area contributed by atoms with Gasteiger partial charge in [0.25, 0.3) is 0 Å². The molecule has 0 atom stereocenters. The van der Waals surface area contributed by atoms with Gasteiger partial charge >= 0.3 is 0 Å². The molecule has 0 saturated carbocycles. The van der Waals surface area contributed by atoms with Crippen molar-refractivity contribution in [1.29, 1.82) is 0 Å². The van der Waals surface area contributed by atoms with Gasteiger partial charge in [-0.3, -0.25) is 0 Å². The van der Waals surface area contributed by atoms with E-state index in [1.54, 1.807) is 7.11 Å². The Morgan fingerprint density at radius 1 is 1.24 bits per heavy atom. The van der Waals surface area contributed by atoms with E-state index in [-0.39, 0.29) is 0 Å². The van der Waals surface area contributed by atoms with E-state index < -0.39 is 0 Å². The molecule has 4 heteroatoms. The van der Waals surface area contributed by atoms with Crippen LogP contribution in [0.2, 0.25) is 0 Å². The number of fused-ring (bicyclic) bond motifs is 1. The molecule has 1 aliphatic rings. The molecule has 0 radical (unpaired) electrons. The maximum atomic E-state index is 5.39. The summed E-state index contributed by atoms with van der Waals surface area (Å²) in [7, 11) is 3.84. The lowest BCUT2D eigenvalue weighted by Crippen LogP contribution is -2.12. The van der Waals surface area contributed by atoms with Gasteiger partial charge in [-0.2, -0.15) is 0 Å². The topological polar surface area (TPSA) is 24.5 Å². The van der Waals surface area contributed by atoms with Crippen LogP contribution in [0.5, 0.6) is 5.75 Å². The second-order valence-electron chi connectivity index (χ2n) is 5.33. The lowest BCUT2D eigenvalue weighted by atomic mass is 10.1. The number of ether oxygens (including phenoxy) is 1. The van der Waals surface area contributed by atoms with Crippen LogP contribution in [0, 0.1) is 0 Å². The Kier molecular flexibility index (Phi) is 4.06. The molecule has 0 unspecified atom stereocenters. The normalized spacial score (nSPS) is 13.2. The maximum absolute atomic E-state index is 5.39. The lowest BCUT2D eigenvalue weighted by Gasteiger charge is -2.14. The van der Waals surface area contributed by atoms with Gasteiger partial charge in [-0.15, -0.1) is 0 Å². The van der Waals surface area contributed by atoms with Crippen molar-refractivity contribution >= 4 is 27.3 Å². The first-order chi connectivity index (χ1) is 10.2. The summed E-state index contributed by atoms with van der Waals surface area (Å²) in [6, 6.07) is 12.7. The molecule has 3 rings (SSSR count). The number of likely N-dealkylation sites (N-methyl/N-ethyl adjacent to an activating group) is 1. The highest BCUT2D eigenvalue weighted by Gasteiger charge is 2.15. The fourth-order valence-electron chi connectivity index (χ4n) is 2.75. The Balaban J connectivity index is 1.75. The minimum Gasteiger partial charge on any atom is -0.495 e. The molecule has 1 aliphatic heterocycles. The highest BCUT2D eigenvalue weighted by molar-refractivity contribution is 9.10. The van der Waals surface area contributed by atoms with Crippen LogP contribution in [-0.4, -0.2) is 20.7 Å². The van der Waals surface area contributed by atoms with Gasteiger partial charge in [-0.05, 0) is 41.8 Å². The predicted molar refractivity (Wildman–Crippen MR) is 91.4 cm³/mol. The van der Waals surface area contributed by atoms with Gasteiger partial charge in [-0.25, -0.2) is 0 Å². The first-order valence-corrected chi connectivity index (χ1v) is 7.87. The summed E-state index contributed by atoms with van der Waals surface area (Å²) >= 11 is 3.50. The first kappa shape index (κ1) is 14.3. The third-order valence-corrected chi connectivity index (χ3v) is 4.41. The largest absolute Gasteiger partial charge is 0.495 e. The quantitative estimate of drug-likeness (QED) is 0.903.